The highest BCUT2D eigenvalue weighted by molar-refractivity contribution is 9.11. The third kappa shape index (κ3) is 4.57. The zero-order chi connectivity index (χ0) is 13.5. The monoisotopic (exact) mass is 378 g/mol. The molecule has 0 amide bonds. The van der Waals surface area contributed by atoms with Crippen LogP contribution in [0.15, 0.2) is 21.1 Å². The molecule has 0 bridgehead atoms. The van der Waals surface area contributed by atoms with Crippen LogP contribution in [-0.4, -0.2) is 11.5 Å². The molecule has 0 aliphatic rings. The molecule has 0 fully saturated rings. The van der Waals surface area contributed by atoms with Gasteiger partial charge in [0.05, 0.1) is 10.6 Å². The lowest BCUT2D eigenvalue weighted by Gasteiger charge is -2.10. The first kappa shape index (κ1) is 15.4. The van der Waals surface area contributed by atoms with Crippen LogP contribution in [0.1, 0.15) is 32.6 Å². The van der Waals surface area contributed by atoms with Crippen molar-refractivity contribution < 1.29 is 4.92 Å². The highest BCUT2D eigenvalue weighted by Gasteiger charge is 2.13. The van der Waals surface area contributed by atoms with Crippen LogP contribution >= 0.6 is 31.9 Å². The molecule has 18 heavy (non-hydrogen) atoms. The quantitative estimate of drug-likeness (QED) is 0.406. The zero-order valence-electron chi connectivity index (χ0n) is 10.2. The molecular weight excluding hydrogens is 364 g/mol. The summed E-state index contributed by atoms with van der Waals surface area (Å²) in [5.74, 6) is 0. The van der Waals surface area contributed by atoms with Crippen LogP contribution in [0, 0.1) is 10.1 Å². The van der Waals surface area contributed by atoms with E-state index < -0.39 is 4.92 Å². The van der Waals surface area contributed by atoms with Crippen LogP contribution in [0.5, 0.6) is 0 Å². The number of anilines is 1. The number of halogens is 2. The molecule has 0 unspecified atom stereocenters. The summed E-state index contributed by atoms with van der Waals surface area (Å²) in [6.07, 6.45) is 4.75. The largest absolute Gasteiger partial charge is 0.383 e. The Morgan fingerprint density at radius 3 is 2.33 bits per heavy atom. The van der Waals surface area contributed by atoms with Crippen LogP contribution < -0.4 is 5.32 Å². The number of hydrogen-bond donors (Lipinski definition) is 1. The van der Waals surface area contributed by atoms with Gasteiger partial charge in [-0.3, -0.25) is 10.1 Å². The summed E-state index contributed by atoms with van der Waals surface area (Å²) < 4.78 is 1.41. The van der Waals surface area contributed by atoms with Gasteiger partial charge in [0.1, 0.15) is 0 Å². The van der Waals surface area contributed by atoms with Crippen LogP contribution in [0.4, 0.5) is 11.4 Å². The number of nitro groups is 1. The molecule has 1 rings (SSSR count). The van der Waals surface area contributed by atoms with Crippen molar-refractivity contribution in [1.29, 1.82) is 0 Å². The van der Waals surface area contributed by atoms with Gasteiger partial charge in [-0.25, -0.2) is 0 Å². The molecule has 0 aliphatic heterocycles. The van der Waals surface area contributed by atoms with Crippen molar-refractivity contribution >= 4 is 43.2 Å². The summed E-state index contributed by atoms with van der Waals surface area (Å²) in [4.78, 5) is 10.3. The first-order chi connectivity index (χ1) is 8.56. The zero-order valence-corrected chi connectivity index (χ0v) is 13.4. The Morgan fingerprint density at radius 1 is 1.22 bits per heavy atom. The van der Waals surface area contributed by atoms with Crippen molar-refractivity contribution in [1.82, 2.24) is 0 Å². The van der Waals surface area contributed by atoms with E-state index in [0.29, 0.717) is 8.95 Å². The van der Waals surface area contributed by atoms with Crippen LogP contribution in [0.25, 0.3) is 0 Å². The van der Waals surface area contributed by atoms with Crippen LogP contribution in [0.2, 0.25) is 0 Å². The lowest BCUT2D eigenvalue weighted by Crippen LogP contribution is -2.03. The van der Waals surface area contributed by atoms with Gasteiger partial charge < -0.3 is 5.32 Å². The second-order valence-corrected chi connectivity index (χ2v) is 5.74. The summed E-state index contributed by atoms with van der Waals surface area (Å²) in [6, 6.07) is 3.03. The minimum Gasteiger partial charge on any atom is -0.383 e. The van der Waals surface area contributed by atoms with E-state index >= 15 is 0 Å². The molecule has 0 atom stereocenters. The predicted octanol–water partition coefficient (Wildman–Crippen LogP) is 5.11. The normalized spacial score (nSPS) is 10.4. The molecule has 1 aromatic carbocycles. The first-order valence-corrected chi connectivity index (χ1v) is 7.52. The molecule has 6 heteroatoms. The minimum absolute atomic E-state index is 0.0743. The molecule has 4 nitrogen and oxygen atoms in total. The number of nitrogens with zero attached hydrogens (tertiary/aromatic N) is 1. The third-order valence-electron chi connectivity index (χ3n) is 2.57. The van der Waals surface area contributed by atoms with Gasteiger partial charge >= 0.3 is 0 Å². The molecule has 0 saturated carbocycles. The Morgan fingerprint density at radius 2 is 1.83 bits per heavy atom. The van der Waals surface area contributed by atoms with Crippen LogP contribution in [-0.2, 0) is 0 Å². The topological polar surface area (TPSA) is 55.2 Å². The van der Waals surface area contributed by atoms with E-state index in [9.17, 15) is 10.1 Å². The first-order valence-electron chi connectivity index (χ1n) is 5.93. The molecule has 0 spiro atoms. The molecule has 0 heterocycles. The maximum Gasteiger partial charge on any atom is 0.271 e. The molecule has 1 N–H and O–H groups in total. The predicted molar refractivity (Wildman–Crippen MR) is 81.1 cm³/mol. The summed E-state index contributed by atoms with van der Waals surface area (Å²) in [6.45, 7) is 3.05. The highest BCUT2D eigenvalue weighted by atomic mass is 79.9. The number of nitro benzene ring substituents is 1. The highest BCUT2D eigenvalue weighted by Crippen LogP contribution is 2.35. The lowest BCUT2D eigenvalue weighted by molar-refractivity contribution is -0.385. The van der Waals surface area contributed by atoms with Crippen molar-refractivity contribution in [3.63, 3.8) is 0 Å². The molecule has 0 aromatic heterocycles. The fraction of sp³-hybridized carbons (Fsp3) is 0.500. The van der Waals surface area contributed by atoms with Crippen molar-refractivity contribution in [2.45, 2.75) is 32.6 Å². The average molecular weight is 380 g/mol. The van der Waals surface area contributed by atoms with E-state index in [0.717, 1.165) is 18.7 Å². The van der Waals surface area contributed by atoms with Crippen molar-refractivity contribution in [2.24, 2.45) is 0 Å². The van der Waals surface area contributed by atoms with Gasteiger partial charge in [0.25, 0.3) is 5.69 Å². The van der Waals surface area contributed by atoms with Gasteiger partial charge in [0.2, 0.25) is 0 Å². The van der Waals surface area contributed by atoms with Gasteiger partial charge in [-0.1, -0.05) is 26.2 Å². The van der Waals surface area contributed by atoms with Gasteiger partial charge in [-0.2, -0.15) is 0 Å². The number of hydrogen-bond acceptors (Lipinski definition) is 3. The Bertz CT molecular complexity index is 402. The average Bonchev–Trinajstić information content (AvgIpc) is 2.31. The number of nitrogens with one attached hydrogen (secondary N) is 1. The Labute approximate surface area is 124 Å². The van der Waals surface area contributed by atoms with Crippen LogP contribution in [0.3, 0.4) is 0 Å². The van der Waals surface area contributed by atoms with Crippen molar-refractivity contribution in [3.05, 3.63) is 31.2 Å². The van der Waals surface area contributed by atoms with Gasteiger partial charge in [0.15, 0.2) is 0 Å². The third-order valence-corrected chi connectivity index (χ3v) is 3.82. The van der Waals surface area contributed by atoms with E-state index in [1.54, 1.807) is 0 Å². The lowest BCUT2D eigenvalue weighted by atomic mass is 10.2. The Balaban J connectivity index is 2.63. The number of rotatable bonds is 7. The number of non-ortho nitro benzene ring substituents is 1. The summed E-state index contributed by atoms with van der Waals surface area (Å²) in [7, 11) is 0. The fourth-order valence-corrected chi connectivity index (χ4v) is 3.04. The van der Waals surface area contributed by atoms with E-state index in [1.807, 2.05) is 0 Å². The summed E-state index contributed by atoms with van der Waals surface area (Å²) >= 11 is 6.70. The van der Waals surface area contributed by atoms with Crippen molar-refractivity contribution in [2.75, 3.05) is 11.9 Å². The van der Waals surface area contributed by atoms with Gasteiger partial charge in [0, 0.05) is 27.6 Å². The second kappa shape index (κ2) is 7.74. The fourth-order valence-electron chi connectivity index (χ4n) is 1.60. The number of unbranched alkanes of at least 4 members (excludes halogenated alkanes) is 3. The molecule has 0 radical (unpaired) electrons. The van der Waals surface area contributed by atoms with Gasteiger partial charge in [-0.15, -0.1) is 0 Å². The smallest absolute Gasteiger partial charge is 0.271 e. The minimum atomic E-state index is -0.402. The molecule has 0 saturated heterocycles. The van der Waals surface area contributed by atoms with E-state index in [4.69, 9.17) is 0 Å². The van der Waals surface area contributed by atoms with E-state index in [1.165, 1.54) is 31.4 Å². The van der Waals surface area contributed by atoms with Crippen molar-refractivity contribution in [3.8, 4) is 0 Å². The van der Waals surface area contributed by atoms with Gasteiger partial charge in [-0.05, 0) is 38.3 Å². The molecule has 0 aliphatic carbocycles. The molecule has 100 valence electrons. The standard InChI is InChI=1S/C12H16Br2N2O2/c1-2-3-4-5-6-15-12-10(13)7-9(16(17)18)8-11(12)14/h7-8,15H,2-6H2,1H3. The summed E-state index contributed by atoms with van der Waals surface area (Å²) in [5.41, 5.74) is 0.947. The van der Waals surface area contributed by atoms with E-state index in [-0.39, 0.29) is 5.69 Å². The molecule has 1 aromatic rings. The Kier molecular flexibility index (Phi) is 6.63. The number of benzene rings is 1. The Hall–Kier alpha value is -0.620. The molecular formula is C12H16Br2N2O2. The second-order valence-electron chi connectivity index (χ2n) is 4.03. The maximum atomic E-state index is 10.7. The SMILES string of the molecule is CCCCCCNc1c(Br)cc([N+](=O)[O-])cc1Br. The summed E-state index contributed by atoms with van der Waals surface area (Å²) in [5, 5.41) is 14.0. The maximum absolute atomic E-state index is 10.7. The van der Waals surface area contributed by atoms with E-state index in [2.05, 4.69) is 44.1 Å².